The summed E-state index contributed by atoms with van der Waals surface area (Å²) in [6.07, 6.45) is 9.77. The van der Waals surface area contributed by atoms with Crippen molar-refractivity contribution in [2.75, 3.05) is 18.5 Å². The van der Waals surface area contributed by atoms with Crippen LogP contribution in [0.2, 0.25) is 0 Å². The van der Waals surface area contributed by atoms with Gasteiger partial charge in [0.1, 0.15) is 0 Å². The minimum absolute atomic E-state index is 0.0521. The van der Waals surface area contributed by atoms with Crippen LogP contribution in [0, 0.1) is 0 Å². The molecule has 4 rings (SSSR count). The first-order chi connectivity index (χ1) is 13.7. The molecule has 2 aromatic rings. The Hall–Kier alpha value is -2.37. The highest BCUT2D eigenvalue weighted by atomic mass is 16.3. The molecular weight excluding hydrogens is 352 g/mol. The van der Waals surface area contributed by atoms with Gasteiger partial charge in [0.25, 0.3) is 5.91 Å². The number of anilines is 1. The maximum absolute atomic E-state index is 12.7. The molecular formula is C23H28N2O3. The zero-order chi connectivity index (χ0) is 19.5. The third-order valence-electron chi connectivity index (χ3n) is 5.86. The zero-order valence-electron chi connectivity index (χ0n) is 16.2. The first-order valence-corrected chi connectivity index (χ1v) is 10.3. The van der Waals surface area contributed by atoms with Crippen molar-refractivity contribution >= 4 is 23.2 Å². The molecule has 1 aromatic heterocycles. The molecule has 5 nitrogen and oxygen atoms in total. The summed E-state index contributed by atoms with van der Waals surface area (Å²) in [5, 5.41) is 21.7. The first kappa shape index (κ1) is 19.0. The van der Waals surface area contributed by atoms with Gasteiger partial charge in [0.15, 0.2) is 0 Å². The van der Waals surface area contributed by atoms with E-state index in [9.17, 15) is 15.0 Å². The van der Waals surface area contributed by atoms with Gasteiger partial charge in [-0.3, -0.25) is 4.79 Å². The fourth-order valence-electron chi connectivity index (χ4n) is 4.55. The van der Waals surface area contributed by atoms with Crippen LogP contribution >= 0.6 is 0 Å². The normalized spacial score (nSPS) is 17.4. The highest BCUT2D eigenvalue weighted by Gasteiger charge is 2.28. The van der Waals surface area contributed by atoms with Crippen molar-refractivity contribution in [3.8, 4) is 0 Å². The molecule has 1 amide bonds. The van der Waals surface area contributed by atoms with E-state index >= 15 is 0 Å². The third kappa shape index (κ3) is 3.52. The maximum atomic E-state index is 12.7. The Morgan fingerprint density at radius 1 is 1.04 bits per heavy atom. The van der Waals surface area contributed by atoms with E-state index in [1.54, 1.807) is 0 Å². The number of nitrogens with one attached hydrogen (secondary N) is 2. The Bertz CT molecular complexity index is 911. The number of aliphatic hydroxyl groups excluding tert-OH is 2. The van der Waals surface area contributed by atoms with Crippen LogP contribution in [-0.4, -0.2) is 34.3 Å². The number of aliphatic hydroxyl groups is 2. The van der Waals surface area contributed by atoms with Gasteiger partial charge in [0.05, 0.1) is 5.57 Å². The van der Waals surface area contributed by atoms with Gasteiger partial charge in [-0.25, -0.2) is 0 Å². The third-order valence-corrected chi connectivity index (χ3v) is 5.86. The van der Waals surface area contributed by atoms with E-state index in [4.69, 9.17) is 0 Å². The molecule has 1 aliphatic carbocycles. The molecule has 5 heteroatoms. The fraction of sp³-hybridized carbons (Fsp3) is 0.435. The van der Waals surface area contributed by atoms with Crippen molar-refractivity contribution in [3.63, 3.8) is 0 Å². The Balaban J connectivity index is 1.81. The number of carbonyl (C=O) groups is 1. The summed E-state index contributed by atoms with van der Waals surface area (Å²) < 4.78 is 0. The molecule has 0 saturated heterocycles. The van der Waals surface area contributed by atoms with Crippen LogP contribution in [0.25, 0.3) is 11.6 Å². The minimum Gasteiger partial charge on any atom is -0.396 e. The second kappa shape index (κ2) is 8.33. The molecule has 0 atom stereocenters. The highest BCUT2D eigenvalue weighted by molar-refractivity contribution is 6.35. The number of aromatic nitrogens is 1. The van der Waals surface area contributed by atoms with Crippen molar-refractivity contribution in [3.05, 3.63) is 51.8 Å². The molecule has 28 heavy (non-hydrogen) atoms. The monoisotopic (exact) mass is 380 g/mol. The number of hydrogen-bond donors (Lipinski definition) is 4. The predicted molar refractivity (Wildman–Crippen MR) is 111 cm³/mol. The van der Waals surface area contributed by atoms with E-state index in [0.29, 0.717) is 12.0 Å². The largest absolute Gasteiger partial charge is 0.396 e. The van der Waals surface area contributed by atoms with Gasteiger partial charge in [-0.2, -0.15) is 0 Å². The van der Waals surface area contributed by atoms with Gasteiger partial charge in [0.2, 0.25) is 0 Å². The number of rotatable bonds is 6. The Morgan fingerprint density at radius 2 is 1.89 bits per heavy atom. The smallest absolute Gasteiger partial charge is 0.256 e. The molecule has 0 spiro atoms. The summed E-state index contributed by atoms with van der Waals surface area (Å²) in [5.74, 6) is -0.0988. The molecule has 1 aromatic carbocycles. The molecule has 0 fully saturated rings. The number of hydrogen-bond acceptors (Lipinski definition) is 3. The van der Waals surface area contributed by atoms with Crippen LogP contribution in [0.5, 0.6) is 0 Å². The predicted octanol–water partition coefficient (Wildman–Crippen LogP) is 3.24. The van der Waals surface area contributed by atoms with E-state index in [0.717, 1.165) is 48.2 Å². The first-order valence-electron chi connectivity index (χ1n) is 10.3. The van der Waals surface area contributed by atoms with E-state index in [1.165, 1.54) is 36.1 Å². The van der Waals surface area contributed by atoms with E-state index in [-0.39, 0.29) is 19.1 Å². The Kier molecular flexibility index (Phi) is 5.64. The van der Waals surface area contributed by atoms with E-state index in [1.807, 2.05) is 24.3 Å². The van der Waals surface area contributed by atoms with Crippen molar-refractivity contribution in [2.45, 2.75) is 51.4 Å². The van der Waals surface area contributed by atoms with E-state index < -0.39 is 0 Å². The van der Waals surface area contributed by atoms with Crippen LogP contribution in [0.3, 0.4) is 0 Å². The van der Waals surface area contributed by atoms with Gasteiger partial charge in [0, 0.05) is 35.9 Å². The summed E-state index contributed by atoms with van der Waals surface area (Å²) in [7, 11) is 0. The van der Waals surface area contributed by atoms with Gasteiger partial charge in [-0.1, -0.05) is 18.6 Å². The van der Waals surface area contributed by atoms with Gasteiger partial charge >= 0.3 is 0 Å². The lowest BCUT2D eigenvalue weighted by molar-refractivity contribution is -0.110. The number of fused-ring (bicyclic) bond motifs is 2. The lowest BCUT2D eigenvalue weighted by Gasteiger charge is -2.08. The van der Waals surface area contributed by atoms with Crippen molar-refractivity contribution < 1.29 is 15.0 Å². The molecule has 0 saturated carbocycles. The van der Waals surface area contributed by atoms with Crippen LogP contribution < -0.4 is 5.32 Å². The average Bonchev–Trinajstić information content (AvgIpc) is 3.07. The number of H-pyrrole nitrogens is 1. The SMILES string of the molecule is O=C1Nc2cccc(CCO)c2/C1=C/c1[nH]c2c(c1CCCO)CCCCC2. The molecule has 1 aliphatic heterocycles. The molecule has 2 heterocycles. The maximum Gasteiger partial charge on any atom is 0.256 e. The molecule has 148 valence electrons. The second-order valence-corrected chi connectivity index (χ2v) is 7.69. The molecule has 2 aliphatic rings. The summed E-state index contributed by atoms with van der Waals surface area (Å²) in [6, 6.07) is 5.79. The van der Waals surface area contributed by atoms with Gasteiger partial charge in [-0.15, -0.1) is 0 Å². The summed E-state index contributed by atoms with van der Waals surface area (Å²) >= 11 is 0. The van der Waals surface area contributed by atoms with Crippen molar-refractivity contribution in [1.82, 2.24) is 4.98 Å². The topological polar surface area (TPSA) is 85.4 Å². The fourth-order valence-corrected chi connectivity index (χ4v) is 4.55. The Labute approximate surface area is 165 Å². The molecule has 0 radical (unpaired) electrons. The highest BCUT2D eigenvalue weighted by Crippen LogP contribution is 2.37. The standard InChI is InChI=1S/C23H28N2O3/c26-12-5-8-17-16-7-2-1-3-9-19(16)24-21(17)14-18-22-15(11-13-27)6-4-10-20(22)25-23(18)28/h4,6,10,14,24,26-27H,1-3,5,7-9,11-13H2,(H,25,28)/b18-14-. The average molecular weight is 380 g/mol. The van der Waals surface area contributed by atoms with Crippen LogP contribution in [0.4, 0.5) is 5.69 Å². The van der Waals surface area contributed by atoms with Gasteiger partial charge < -0.3 is 20.5 Å². The zero-order valence-corrected chi connectivity index (χ0v) is 16.2. The van der Waals surface area contributed by atoms with Crippen molar-refractivity contribution in [2.24, 2.45) is 0 Å². The lowest BCUT2D eigenvalue weighted by atomic mass is 9.95. The number of aryl methyl sites for hydroxylation is 1. The summed E-state index contributed by atoms with van der Waals surface area (Å²) in [6.45, 7) is 0.219. The number of benzene rings is 1. The molecule has 4 N–H and O–H groups in total. The van der Waals surface area contributed by atoms with Crippen LogP contribution in [-0.2, 0) is 30.5 Å². The molecule has 0 unspecified atom stereocenters. The molecule has 0 bridgehead atoms. The summed E-state index contributed by atoms with van der Waals surface area (Å²) in [4.78, 5) is 16.3. The Morgan fingerprint density at radius 3 is 2.71 bits per heavy atom. The van der Waals surface area contributed by atoms with E-state index in [2.05, 4.69) is 10.3 Å². The summed E-state index contributed by atoms with van der Waals surface area (Å²) in [5.41, 5.74) is 8.28. The number of amides is 1. The number of aromatic amines is 1. The van der Waals surface area contributed by atoms with Crippen LogP contribution in [0.15, 0.2) is 18.2 Å². The lowest BCUT2D eigenvalue weighted by Crippen LogP contribution is -2.04. The van der Waals surface area contributed by atoms with Crippen molar-refractivity contribution in [1.29, 1.82) is 0 Å². The number of carbonyl (C=O) groups excluding carboxylic acids is 1. The van der Waals surface area contributed by atoms with Crippen LogP contribution in [0.1, 0.15) is 59.3 Å². The quantitative estimate of drug-likeness (QED) is 0.458. The van der Waals surface area contributed by atoms with Gasteiger partial charge in [-0.05, 0) is 73.8 Å². The minimum atomic E-state index is -0.0988. The second-order valence-electron chi connectivity index (χ2n) is 7.69.